The zero-order valence-corrected chi connectivity index (χ0v) is 36.4. The van der Waals surface area contributed by atoms with Gasteiger partial charge in [0.25, 0.3) is 17.7 Å². The molecule has 0 radical (unpaired) electrons. The molecule has 5 amide bonds. The number of primary amides is 1. The Balaban J connectivity index is 0.000000162. The number of aromatic nitrogens is 4. The van der Waals surface area contributed by atoms with Gasteiger partial charge in [-0.1, -0.05) is 35.4 Å². The molecule has 6 heterocycles. The van der Waals surface area contributed by atoms with Gasteiger partial charge in [-0.05, 0) is 132 Å². The van der Waals surface area contributed by atoms with Crippen molar-refractivity contribution in [3.63, 3.8) is 0 Å². The molecule has 14 nitrogen and oxygen atoms in total. The van der Waals surface area contributed by atoms with E-state index in [0.717, 1.165) is 90.5 Å². The quantitative estimate of drug-likeness (QED) is 0.178. The van der Waals surface area contributed by atoms with Gasteiger partial charge >= 0.3 is 0 Å². The van der Waals surface area contributed by atoms with Crippen LogP contribution in [0.3, 0.4) is 0 Å². The Morgan fingerprint density at radius 3 is 1.25 bits per heavy atom. The molecule has 64 heavy (non-hydrogen) atoms. The maximum Gasteiger partial charge on any atom is 0.277 e. The molecule has 2 fully saturated rings. The number of nitrogens with two attached hydrogens (primary N) is 1. The first-order valence-electron chi connectivity index (χ1n) is 22.1. The number of amides is 5. The molecule has 10 rings (SSSR count). The van der Waals surface area contributed by atoms with Crippen molar-refractivity contribution >= 4 is 52.3 Å². The molecule has 2 N–H and O–H groups in total. The van der Waals surface area contributed by atoms with Crippen molar-refractivity contribution in [1.29, 1.82) is 0 Å². The molecule has 0 atom stereocenters. The molecule has 0 unspecified atom stereocenters. The number of piperidine rings is 2. The Kier molecular flexibility index (Phi) is 11.4. The van der Waals surface area contributed by atoms with Crippen molar-refractivity contribution in [3.05, 3.63) is 142 Å². The number of hydrogen-bond acceptors (Lipinski definition) is 7. The molecule has 4 aliphatic rings. The third-order valence-electron chi connectivity index (χ3n) is 12.6. The third-order valence-corrected chi connectivity index (χ3v) is 12.6. The first kappa shape index (κ1) is 42.0. The molecule has 0 spiro atoms. The monoisotopic (exact) mass is 857 g/mol. The topological polar surface area (TPSA) is 160 Å². The van der Waals surface area contributed by atoms with E-state index in [1.807, 2.05) is 128 Å². The van der Waals surface area contributed by atoms with Crippen LogP contribution in [-0.4, -0.2) is 75.3 Å². The van der Waals surface area contributed by atoms with E-state index in [9.17, 15) is 24.0 Å². The van der Waals surface area contributed by atoms with E-state index in [-0.39, 0.29) is 29.3 Å². The van der Waals surface area contributed by atoms with Crippen molar-refractivity contribution in [1.82, 2.24) is 19.6 Å². The van der Waals surface area contributed by atoms with Crippen molar-refractivity contribution in [2.75, 3.05) is 45.8 Å². The predicted octanol–water partition coefficient (Wildman–Crippen LogP) is 7.21. The van der Waals surface area contributed by atoms with Crippen LogP contribution in [0.2, 0.25) is 0 Å². The van der Waals surface area contributed by atoms with Crippen molar-refractivity contribution in [3.8, 4) is 11.4 Å². The fourth-order valence-electron chi connectivity index (χ4n) is 9.11. The summed E-state index contributed by atoms with van der Waals surface area (Å²) in [5, 5.41) is 9.08. The van der Waals surface area contributed by atoms with Crippen LogP contribution in [-0.2, 0) is 22.4 Å². The van der Waals surface area contributed by atoms with Gasteiger partial charge in [0.2, 0.25) is 11.8 Å². The number of anilines is 4. The largest absolute Gasteiger partial charge is 0.364 e. The van der Waals surface area contributed by atoms with Crippen LogP contribution in [0, 0.1) is 20.8 Å². The van der Waals surface area contributed by atoms with Gasteiger partial charge in [-0.15, -0.1) is 0 Å². The second-order valence-electron chi connectivity index (χ2n) is 16.9. The second kappa shape index (κ2) is 17.4. The molecule has 0 bridgehead atoms. The van der Waals surface area contributed by atoms with E-state index >= 15 is 0 Å². The maximum atomic E-state index is 13.6. The Bertz CT molecular complexity index is 2770. The van der Waals surface area contributed by atoms with Gasteiger partial charge in [-0.3, -0.25) is 24.0 Å². The summed E-state index contributed by atoms with van der Waals surface area (Å²) < 4.78 is 3.30. The van der Waals surface area contributed by atoms with Gasteiger partial charge < -0.3 is 25.3 Å². The van der Waals surface area contributed by atoms with E-state index in [1.165, 1.54) is 10.2 Å². The fourth-order valence-corrected chi connectivity index (χ4v) is 9.11. The molecule has 4 aliphatic heterocycles. The molecule has 6 aromatic rings. The third kappa shape index (κ3) is 7.95. The lowest BCUT2D eigenvalue weighted by Crippen LogP contribution is -2.39. The van der Waals surface area contributed by atoms with Crippen LogP contribution in [0.4, 0.5) is 22.7 Å². The molecule has 0 saturated carbocycles. The van der Waals surface area contributed by atoms with Gasteiger partial charge in [0, 0.05) is 72.9 Å². The summed E-state index contributed by atoms with van der Waals surface area (Å²) >= 11 is 0. The van der Waals surface area contributed by atoms with Crippen molar-refractivity contribution in [2.45, 2.75) is 72.1 Å². The number of carbonyl (C=O) groups is 5. The minimum atomic E-state index is -0.645. The lowest BCUT2D eigenvalue weighted by Gasteiger charge is -2.29. The Morgan fingerprint density at radius 1 is 0.453 bits per heavy atom. The van der Waals surface area contributed by atoms with Crippen LogP contribution < -0.4 is 25.3 Å². The van der Waals surface area contributed by atoms with E-state index in [2.05, 4.69) is 10.2 Å². The van der Waals surface area contributed by atoms with E-state index in [1.54, 1.807) is 14.5 Å². The average Bonchev–Trinajstić information content (AvgIpc) is 3.87. The maximum absolute atomic E-state index is 13.6. The van der Waals surface area contributed by atoms with E-state index < -0.39 is 5.91 Å². The van der Waals surface area contributed by atoms with Crippen LogP contribution in [0.5, 0.6) is 0 Å². The molecule has 326 valence electrons. The minimum absolute atomic E-state index is 0.0378. The molecule has 2 saturated heterocycles. The highest BCUT2D eigenvalue weighted by molar-refractivity contribution is 6.10. The van der Waals surface area contributed by atoms with Gasteiger partial charge in [-0.2, -0.15) is 10.2 Å². The fraction of sp³-hybridized carbons (Fsp3) is 0.300. The summed E-state index contributed by atoms with van der Waals surface area (Å²) in [6.45, 7) is 8.50. The van der Waals surface area contributed by atoms with E-state index in [4.69, 9.17) is 5.73 Å². The second-order valence-corrected chi connectivity index (χ2v) is 16.9. The lowest BCUT2D eigenvalue weighted by molar-refractivity contribution is -0.120. The van der Waals surface area contributed by atoms with Gasteiger partial charge in [0.15, 0.2) is 5.69 Å². The molecular formula is C50H51N9O5. The zero-order chi connectivity index (χ0) is 44.6. The normalized spacial score (nSPS) is 16.4. The van der Waals surface area contributed by atoms with Crippen LogP contribution in [0.15, 0.2) is 97.1 Å². The minimum Gasteiger partial charge on any atom is -0.364 e. The molecule has 2 aromatic heterocycles. The highest BCUT2D eigenvalue weighted by Crippen LogP contribution is 2.33. The summed E-state index contributed by atoms with van der Waals surface area (Å²) in [7, 11) is 0. The number of carbonyl (C=O) groups excluding carboxylic acids is 5. The van der Waals surface area contributed by atoms with Gasteiger partial charge in [0.05, 0.1) is 17.1 Å². The Hall–Kier alpha value is -7.35. The average molecular weight is 858 g/mol. The van der Waals surface area contributed by atoms with Gasteiger partial charge in [-0.25, -0.2) is 9.36 Å². The first-order valence-corrected chi connectivity index (χ1v) is 22.1. The Morgan fingerprint density at radius 2 is 0.828 bits per heavy atom. The zero-order valence-electron chi connectivity index (χ0n) is 36.4. The van der Waals surface area contributed by atoms with Crippen LogP contribution >= 0.6 is 0 Å². The van der Waals surface area contributed by atoms with Crippen LogP contribution in [0.25, 0.3) is 11.4 Å². The first-order chi connectivity index (χ1) is 31.0. The number of hydrogen-bond donors (Lipinski definition) is 1. The number of aryl methyl sites for hydroxylation is 3. The lowest BCUT2D eigenvalue weighted by atomic mass is 10.0. The highest BCUT2D eigenvalue weighted by atomic mass is 16.2. The molecule has 0 aliphatic carbocycles. The Labute approximate surface area is 371 Å². The highest BCUT2D eigenvalue weighted by Gasteiger charge is 2.35. The number of rotatable bonds is 7. The van der Waals surface area contributed by atoms with Gasteiger partial charge in [0.1, 0.15) is 11.4 Å². The molecule has 14 heteroatoms. The van der Waals surface area contributed by atoms with Crippen LogP contribution in [0.1, 0.15) is 97.9 Å². The number of nitrogens with zero attached hydrogens (tertiary/aromatic N) is 8. The summed E-state index contributed by atoms with van der Waals surface area (Å²) in [6.07, 6.45) is 6.34. The smallest absolute Gasteiger partial charge is 0.277 e. The number of benzene rings is 4. The van der Waals surface area contributed by atoms with Crippen molar-refractivity contribution in [2.24, 2.45) is 5.73 Å². The molecule has 4 aromatic carbocycles. The molecular weight excluding hydrogens is 807 g/mol. The summed E-state index contributed by atoms with van der Waals surface area (Å²) in [6, 6.07) is 30.9. The van der Waals surface area contributed by atoms with Crippen molar-refractivity contribution < 1.29 is 24.0 Å². The van der Waals surface area contributed by atoms with E-state index in [0.29, 0.717) is 55.0 Å². The SMILES string of the molecule is Cc1ccc(-n2nc(C(N)=O)c3c2C(=O)N(c2ccc(N4CCCCC4=O)cc2)CC3)cc1.Cc1ccc(-n2nc(C)c3c2C(=O)N(c2ccc(N4CCCCC4=O)cc2)CC3)cc1. The standard InChI is InChI=1S/C25H25N5O3.C25H26N4O2/c1-16-5-7-19(8-6-16)30-23-20(22(27-30)24(26)32)13-15-29(25(23)33)18-11-9-17(10-12-18)28-14-3-2-4-21(28)31;1-17-6-8-21(9-7-17)29-24-22(18(2)26-29)14-16-28(25(24)31)20-12-10-19(11-13-20)27-15-4-3-5-23(27)30/h5-12H,2-4,13-15H2,1H3,(H2,26,32);6-13H,3-5,14-16H2,1-2H3. The summed E-state index contributed by atoms with van der Waals surface area (Å²) in [5.41, 5.74) is 16.4. The predicted molar refractivity (Wildman–Crippen MR) is 246 cm³/mol. The summed E-state index contributed by atoms with van der Waals surface area (Å²) in [4.78, 5) is 70.8. The summed E-state index contributed by atoms with van der Waals surface area (Å²) in [5.74, 6) is -0.611. The number of fused-ring (bicyclic) bond motifs is 2.